The average Bonchev–Trinajstić information content (AvgIpc) is 2.39. The molecule has 4 unspecified atom stereocenters. The molecule has 2 aliphatic heterocycles. The van der Waals surface area contributed by atoms with Crippen molar-refractivity contribution in [3.05, 3.63) is 0 Å². The van der Waals surface area contributed by atoms with Gasteiger partial charge in [0.05, 0.1) is 17.0 Å². The van der Waals surface area contributed by atoms with Crippen LogP contribution >= 0.6 is 15.9 Å². The van der Waals surface area contributed by atoms with E-state index in [0.29, 0.717) is 17.0 Å². The SMILES string of the molecule is CCCC1OC2OC1CCC2Br. The summed E-state index contributed by atoms with van der Waals surface area (Å²) in [5.41, 5.74) is 0. The van der Waals surface area contributed by atoms with Gasteiger partial charge in [-0.05, 0) is 19.3 Å². The molecule has 70 valence electrons. The van der Waals surface area contributed by atoms with Crippen molar-refractivity contribution < 1.29 is 9.47 Å². The van der Waals surface area contributed by atoms with Crippen molar-refractivity contribution in [3.8, 4) is 0 Å². The Kier molecular flexibility index (Phi) is 2.72. The molecule has 0 radical (unpaired) electrons. The summed E-state index contributed by atoms with van der Waals surface area (Å²) >= 11 is 3.57. The molecule has 4 atom stereocenters. The van der Waals surface area contributed by atoms with E-state index < -0.39 is 0 Å². The van der Waals surface area contributed by atoms with Crippen molar-refractivity contribution in [1.29, 1.82) is 0 Å². The molecule has 2 nitrogen and oxygen atoms in total. The summed E-state index contributed by atoms with van der Waals surface area (Å²) in [5, 5.41) is 0. The van der Waals surface area contributed by atoms with E-state index in [1.165, 1.54) is 12.8 Å². The maximum absolute atomic E-state index is 5.77. The van der Waals surface area contributed by atoms with Crippen molar-refractivity contribution >= 4 is 15.9 Å². The lowest BCUT2D eigenvalue weighted by Crippen LogP contribution is -2.29. The minimum atomic E-state index is 0.0281. The number of halogens is 1. The summed E-state index contributed by atoms with van der Waals surface area (Å²) < 4.78 is 11.5. The highest BCUT2D eigenvalue weighted by Gasteiger charge is 2.42. The lowest BCUT2D eigenvalue weighted by Gasteiger charge is -2.22. The number of rotatable bonds is 2. The predicted octanol–water partition coefficient (Wildman–Crippen LogP) is 2.45. The van der Waals surface area contributed by atoms with Crippen LogP contribution < -0.4 is 0 Å². The predicted molar refractivity (Wildman–Crippen MR) is 50.4 cm³/mol. The molecule has 2 heterocycles. The maximum atomic E-state index is 5.77. The molecular formula is C9H15BrO2. The first kappa shape index (κ1) is 8.97. The van der Waals surface area contributed by atoms with Crippen molar-refractivity contribution in [1.82, 2.24) is 0 Å². The van der Waals surface area contributed by atoms with E-state index in [-0.39, 0.29) is 6.29 Å². The first-order valence-corrected chi connectivity index (χ1v) is 5.68. The Morgan fingerprint density at radius 3 is 2.83 bits per heavy atom. The van der Waals surface area contributed by atoms with Crippen LogP contribution in [0.4, 0.5) is 0 Å². The van der Waals surface area contributed by atoms with E-state index >= 15 is 0 Å². The number of hydrogen-bond donors (Lipinski definition) is 0. The molecule has 2 bridgehead atoms. The van der Waals surface area contributed by atoms with Gasteiger partial charge in [0.25, 0.3) is 0 Å². The number of fused-ring (bicyclic) bond motifs is 2. The van der Waals surface area contributed by atoms with Crippen molar-refractivity contribution in [3.63, 3.8) is 0 Å². The summed E-state index contributed by atoms with van der Waals surface area (Å²) in [4.78, 5) is 0.413. The minimum Gasteiger partial charge on any atom is -0.346 e. The average molecular weight is 235 g/mol. The van der Waals surface area contributed by atoms with Gasteiger partial charge in [-0.3, -0.25) is 0 Å². The molecule has 2 saturated heterocycles. The van der Waals surface area contributed by atoms with E-state index in [4.69, 9.17) is 9.47 Å². The van der Waals surface area contributed by atoms with Crippen LogP contribution in [-0.4, -0.2) is 23.3 Å². The molecule has 2 fully saturated rings. The van der Waals surface area contributed by atoms with Gasteiger partial charge in [-0.25, -0.2) is 0 Å². The van der Waals surface area contributed by atoms with E-state index in [0.717, 1.165) is 12.8 Å². The lowest BCUT2D eigenvalue weighted by molar-refractivity contribution is -0.0804. The topological polar surface area (TPSA) is 18.5 Å². The van der Waals surface area contributed by atoms with Crippen LogP contribution in [-0.2, 0) is 9.47 Å². The normalized spacial score (nSPS) is 46.5. The zero-order valence-electron chi connectivity index (χ0n) is 7.33. The Morgan fingerprint density at radius 2 is 2.17 bits per heavy atom. The van der Waals surface area contributed by atoms with Gasteiger partial charge in [-0.15, -0.1) is 0 Å². The lowest BCUT2D eigenvalue weighted by atomic mass is 10.0. The Hall–Kier alpha value is 0.400. The fraction of sp³-hybridized carbons (Fsp3) is 1.00. The second-order valence-electron chi connectivity index (χ2n) is 3.60. The monoisotopic (exact) mass is 234 g/mol. The third-order valence-corrected chi connectivity index (χ3v) is 3.52. The van der Waals surface area contributed by atoms with E-state index in [2.05, 4.69) is 22.9 Å². The van der Waals surface area contributed by atoms with Gasteiger partial charge in [0, 0.05) is 0 Å². The Morgan fingerprint density at radius 1 is 1.33 bits per heavy atom. The molecule has 0 aromatic heterocycles. The Bertz CT molecular complexity index is 163. The van der Waals surface area contributed by atoms with E-state index in [9.17, 15) is 0 Å². The Labute approximate surface area is 81.7 Å². The minimum absolute atomic E-state index is 0.0281. The van der Waals surface area contributed by atoms with Gasteiger partial charge in [-0.1, -0.05) is 29.3 Å². The summed E-state index contributed by atoms with van der Waals surface area (Å²) in [6.45, 7) is 2.19. The molecule has 0 saturated carbocycles. The molecule has 2 aliphatic rings. The largest absolute Gasteiger partial charge is 0.346 e. The second kappa shape index (κ2) is 3.64. The highest BCUT2D eigenvalue weighted by molar-refractivity contribution is 9.09. The maximum Gasteiger partial charge on any atom is 0.170 e. The van der Waals surface area contributed by atoms with Gasteiger partial charge >= 0.3 is 0 Å². The van der Waals surface area contributed by atoms with Crippen LogP contribution in [0, 0.1) is 0 Å². The first-order chi connectivity index (χ1) is 5.81. The fourth-order valence-electron chi connectivity index (χ4n) is 1.97. The third-order valence-electron chi connectivity index (χ3n) is 2.63. The number of hydrogen-bond acceptors (Lipinski definition) is 2. The van der Waals surface area contributed by atoms with Gasteiger partial charge in [-0.2, -0.15) is 0 Å². The van der Waals surface area contributed by atoms with E-state index in [1.54, 1.807) is 0 Å². The molecule has 0 N–H and O–H groups in total. The molecule has 0 amide bonds. The summed E-state index contributed by atoms with van der Waals surface area (Å²) in [5.74, 6) is 0. The molecule has 3 heteroatoms. The van der Waals surface area contributed by atoms with Crippen molar-refractivity contribution in [2.75, 3.05) is 0 Å². The standard InChI is InChI=1S/C9H15BrO2/c1-2-3-7-8-5-4-6(10)9(11-7)12-8/h6-9H,2-5H2,1H3. The smallest absolute Gasteiger partial charge is 0.170 e. The zero-order valence-corrected chi connectivity index (χ0v) is 8.92. The first-order valence-electron chi connectivity index (χ1n) is 4.76. The van der Waals surface area contributed by atoms with Gasteiger partial charge in [0.1, 0.15) is 0 Å². The van der Waals surface area contributed by atoms with Gasteiger partial charge < -0.3 is 9.47 Å². The quantitative estimate of drug-likeness (QED) is 0.684. The zero-order chi connectivity index (χ0) is 8.55. The molecular weight excluding hydrogens is 220 g/mol. The van der Waals surface area contributed by atoms with Gasteiger partial charge in [0.2, 0.25) is 0 Å². The third kappa shape index (κ3) is 1.54. The van der Waals surface area contributed by atoms with Crippen LogP contribution in [0.3, 0.4) is 0 Å². The summed E-state index contributed by atoms with van der Waals surface area (Å²) in [6.07, 6.45) is 5.43. The molecule has 0 aliphatic carbocycles. The molecule has 12 heavy (non-hydrogen) atoms. The van der Waals surface area contributed by atoms with Crippen LogP contribution in [0.1, 0.15) is 32.6 Å². The highest BCUT2D eigenvalue weighted by Crippen LogP contribution is 2.36. The molecule has 0 aromatic rings. The van der Waals surface area contributed by atoms with Crippen LogP contribution in [0.5, 0.6) is 0 Å². The molecule has 0 spiro atoms. The van der Waals surface area contributed by atoms with Crippen LogP contribution in [0.15, 0.2) is 0 Å². The Balaban J connectivity index is 1.96. The van der Waals surface area contributed by atoms with Crippen LogP contribution in [0.25, 0.3) is 0 Å². The number of alkyl halides is 1. The number of ether oxygens (including phenoxy) is 2. The summed E-state index contributed by atoms with van der Waals surface area (Å²) in [6, 6.07) is 0. The molecule has 2 rings (SSSR count). The van der Waals surface area contributed by atoms with Crippen LogP contribution in [0.2, 0.25) is 0 Å². The highest BCUT2D eigenvalue weighted by atomic mass is 79.9. The fourth-order valence-corrected chi connectivity index (χ4v) is 2.49. The molecule has 0 aromatic carbocycles. The van der Waals surface area contributed by atoms with Crippen molar-refractivity contribution in [2.24, 2.45) is 0 Å². The second-order valence-corrected chi connectivity index (χ2v) is 4.78. The summed E-state index contributed by atoms with van der Waals surface area (Å²) in [7, 11) is 0. The van der Waals surface area contributed by atoms with Gasteiger partial charge in [0.15, 0.2) is 6.29 Å². The van der Waals surface area contributed by atoms with E-state index in [1.807, 2.05) is 0 Å². The van der Waals surface area contributed by atoms with Crippen molar-refractivity contribution in [2.45, 2.75) is 55.9 Å².